The summed E-state index contributed by atoms with van der Waals surface area (Å²) >= 11 is 0. The molecule has 1 aromatic carbocycles. The van der Waals surface area contributed by atoms with E-state index in [9.17, 15) is 4.79 Å². The number of nitrogens with zero attached hydrogens (tertiary/aromatic N) is 3. The number of benzene rings is 1. The molecule has 2 heterocycles. The lowest BCUT2D eigenvalue weighted by atomic mass is 10.0. The molecule has 1 N–H and O–H groups in total. The van der Waals surface area contributed by atoms with Crippen LogP contribution >= 0.6 is 0 Å². The summed E-state index contributed by atoms with van der Waals surface area (Å²) in [4.78, 5) is 18.1. The van der Waals surface area contributed by atoms with Crippen LogP contribution in [0.2, 0.25) is 0 Å². The fraction of sp³-hybridized carbons (Fsp3) is 0.444. The predicted octanol–water partition coefficient (Wildman–Crippen LogP) is 2.36. The number of piperidine rings is 1. The molecule has 3 rings (SSSR count). The Morgan fingerprint density at radius 2 is 2.17 bits per heavy atom. The highest BCUT2D eigenvalue weighted by Gasteiger charge is 2.20. The lowest BCUT2D eigenvalue weighted by Gasteiger charge is -2.33. The summed E-state index contributed by atoms with van der Waals surface area (Å²) in [6.45, 7) is 4.87. The van der Waals surface area contributed by atoms with E-state index >= 15 is 0 Å². The summed E-state index contributed by atoms with van der Waals surface area (Å²) in [6.07, 6.45) is 8.32. The molecule has 0 saturated carbocycles. The molecule has 1 aromatic heterocycles. The van der Waals surface area contributed by atoms with Crippen LogP contribution in [0.5, 0.6) is 0 Å². The minimum absolute atomic E-state index is 0.154. The van der Waals surface area contributed by atoms with E-state index in [1.807, 2.05) is 17.7 Å². The second-order valence-electron chi connectivity index (χ2n) is 6.13. The first kappa shape index (κ1) is 15.7. The maximum atomic E-state index is 11.6. The first-order valence-electron chi connectivity index (χ1n) is 8.33. The molecule has 5 heteroatoms. The van der Waals surface area contributed by atoms with Gasteiger partial charge in [0.05, 0.1) is 6.33 Å². The Morgan fingerprint density at radius 1 is 1.35 bits per heavy atom. The van der Waals surface area contributed by atoms with Crippen molar-refractivity contribution in [2.45, 2.75) is 38.8 Å². The summed E-state index contributed by atoms with van der Waals surface area (Å²) in [6, 6.07) is 8.88. The highest BCUT2D eigenvalue weighted by Crippen LogP contribution is 2.15. The normalized spacial score (nSPS) is 18.7. The minimum atomic E-state index is 0.154. The summed E-state index contributed by atoms with van der Waals surface area (Å²) in [5.74, 6) is 0.154. The molecule has 5 nitrogen and oxygen atoms in total. The van der Waals surface area contributed by atoms with Crippen LogP contribution in [0.25, 0.3) is 5.69 Å². The lowest BCUT2D eigenvalue weighted by molar-refractivity contribution is -0.121. The van der Waals surface area contributed by atoms with E-state index in [-0.39, 0.29) is 5.91 Å². The van der Waals surface area contributed by atoms with Gasteiger partial charge in [0.1, 0.15) is 0 Å². The van der Waals surface area contributed by atoms with Crippen LogP contribution in [-0.2, 0) is 11.3 Å². The zero-order valence-electron chi connectivity index (χ0n) is 13.6. The Balaban J connectivity index is 1.57. The monoisotopic (exact) mass is 312 g/mol. The third-order valence-electron chi connectivity index (χ3n) is 4.34. The summed E-state index contributed by atoms with van der Waals surface area (Å²) < 4.78 is 2.00. The smallest absolute Gasteiger partial charge is 0.219 e. The molecule has 122 valence electrons. The molecule has 0 spiro atoms. The third kappa shape index (κ3) is 4.20. The van der Waals surface area contributed by atoms with Crippen LogP contribution in [0.1, 0.15) is 31.7 Å². The van der Waals surface area contributed by atoms with Gasteiger partial charge in [-0.1, -0.05) is 19.1 Å². The molecule has 1 saturated heterocycles. The molecule has 1 atom stereocenters. The number of likely N-dealkylation sites (tertiary alicyclic amines) is 1. The third-order valence-corrected chi connectivity index (χ3v) is 4.34. The maximum Gasteiger partial charge on any atom is 0.219 e. The van der Waals surface area contributed by atoms with Gasteiger partial charge in [-0.3, -0.25) is 9.69 Å². The van der Waals surface area contributed by atoms with Gasteiger partial charge in [0.15, 0.2) is 0 Å². The van der Waals surface area contributed by atoms with Crippen molar-refractivity contribution in [1.82, 2.24) is 19.8 Å². The highest BCUT2D eigenvalue weighted by atomic mass is 16.1. The van der Waals surface area contributed by atoms with Crippen molar-refractivity contribution < 1.29 is 4.79 Å². The summed E-state index contributed by atoms with van der Waals surface area (Å²) in [7, 11) is 0. The zero-order chi connectivity index (χ0) is 16.1. The molecule has 0 bridgehead atoms. The van der Waals surface area contributed by atoms with Crippen LogP contribution in [0.15, 0.2) is 43.0 Å². The number of amides is 1. The van der Waals surface area contributed by atoms with E-state index in [1.165, 1.54) is 5.56 Å². The minimum Gasteiger partial charge on any atom is -0.352 e. The van der Waals surface area contributed by atoms with Crippen molar-refractivity contribution in [1.29, 1.82) is 0 Å². The second-order valence-corrected chi connectivity index (χ2v) is 6.13. The standard InChI is InChI=1S/C18H24N4O/c1-2-18(23)20-16-4-3-10-21(13-16)12-15-5-7-17(8-6-15)22-11-9-19-14-22/h5-9,11,14,16H,2-4,10,12-13H2,1H3,(H,20,23). The molecule has 2 aromatic rings. The van der Waals surface area contributed by atoms with E-state index in [1.54, 1.807) is 12.5 Å². The Morgan fingerprint density at radius 3 is 2.87 bits per heavy atom. The van der Waals surface area contributed by atoms with Crippen LogP contribution in [0.3, 0.4) is 0 Å². The number of rotatable bonds is 5. The van der Waals surface area contributed by atoms with Gasteiger partial charge in [0.2, 0.25) is 5.91 Å². The SMILES string of the molecule is CCC(=O)NC1CCCN(Cc2ccc(-n3ccnc3)cc2)C1. The lowest BCUT2D eigenvalue weighted by Crippen LogP contribution is -2.47. The molecule has 1 aliphatic heterocycles. The van der Waals surface area contributed by atoms with Crippen LogP contribution in [0, 0.1) is 0 Å². The van der Waals surface area contributed by atoms with Crippen molar-refractivity contribution >= 4 is 5.91 Å². The zero-order valence-corrected chi connectivity index (χ0v) is 13.6. The van der Waals surface area contributed by atoms with Crippen LogP contribution in [-0.4, -0.2) is 39.5 Å². The Hall–Kier alpha value is -2.14. The van der Waals surface area contributed by atoms with Gasteiger partial charge in [-0.05, 0) is 37.1 Å². The van der Waals surface area contributed by atoms with Gasteiger partial charge in [0, 0.05) is 43.6 Å². The van der Waals surface area contributed by atoms with Gasteiger partial charge in [-0.2, -0.15) is 0 Å². The summed E-state index contributed by atoms with van der Waals surface area (Å²) in [5, 5.41) is 3.12. The van der Waals surface area contributed by atoms with Crippen molar-refractivity contribution in [2.24, 2.45) is 0 Å². The molecule has 0 radical (unpaired) electrons. The van der Waals surface area contributed by atoms with Crippen LogP contribution < -0.4 is 5.32 Å². The molecule has 1 fully saturated rings. The Labute approximate surface area is 137 Å². The Kier molecular flexibility index (Phi) is 5.08. The van der Waals surface area contributed by atoms with E-state index in [0.29, 0.717) is 12.5 Å². The number of hydrogen-bond donors (Lipinski definition) is 1. The van der Waals surface area contributed by atoms with Gasteiger partial charge in [-0.15, -0.1) is 0 Å². The first-order valence-corrected chi connectivity index (χ1v) is 8.33. The second kappa shape index (κ2) is 7.42. The molecular formula is C18H24N4O. The number of carbonyl (C=O) groups is 1. The van der Waals surface area contributed by atoms with E-state index in [2.05, 4.69) is 39.5 Å². The summed E-state index contributed by atoms with van der Waals surface area (Å²) in [5.41, 5.74) is 2.43. The fourth-order valence-electron chi connectivity index (χ4n) is 3.09. The van der Waals surface area contributed by atoms with E-state index in [4.69, 9.17) is 0 Å². The average molecular weight is 312 g/mol. The van der Waals surface area contributed by atoms with Crippen LogP contribution in [0.4, 0.5) is 0 Å². The molecule has 1 unspecified atom stereocenters. The van der Waals surface area contributed by atoms with Gasteiger partial charge < -0.3 is 9.88 Å². The van der Waals surface area contributed by atoms with Crippen molar-refractivity contribution in [3.8, 4) is 5.69 Å². The van der Waals surface area contributed by atoms with E-state index in [0.717, 1.165) is 38.2 Å². The highest BCUT2D eigenvalue weighted by molar-refractivity contribution is 5.75. The largest absolute Gasteiger partial charge is 0.352 e. The van der Waals surface area contributed by atoms with Crippen molar-refractivity contribution in [2.75, 3.05) is 13.1 Å². The Bertz CT molecular complexity index is 621. The fourth-order valence-corrected chi connectivity index (χ4v) is 3.09. The topological polar surface area (TPSA) is 50.2 Å². The molecule has 23 heavy (non-hydrogen) atoms. The molecule has 1 aliphatic rings. The van der Waals surface area contributed by atoms with Crippen molar-refractivity contribution in [3.63, 3.8) is 0 Å². The molecular weight excluding hydrogens is 288 g/mol. The maximum absolute atomic E-state index is 11.6. The number of imidazole rings is 1. The number of hydrogen-bond acceptors (Lipinski definition) is 3. The van der Waals surface area contributed by atoms with Crippen molar-refractivity contribution in [3.05, 3.63) is 48.5 Å². The number of carbonyl (C=O) groups excluding carboxylic acids is 1. The van der Waals surface area contributed by atoms with E-state index < -0.39 is 0 Å². The molecule has 0 aliphatic carbocycles. The predicted molar refractivity (Wildman–Crippen MR) is 90.3 cm³/mol. The number of nitrogens with one attached hydrogen (secondary N) is 1. The first-order chi connectivity index (χ1) is 11.2. The van der Waals surface area contributed by atoms with Gasteiger partial charge >= 0.3 is 0 Å². The van der Waals surface area contributed by atoms with Gasteiger partial charge in [-0.25, -0.2) is 4.98 Å². The molecule has 1 amide bonds. The average Bonchev–Trinajstić information content (AvgIpc) is 3.10. The quantitative estimate of drug-likeness (QED) is 0.922. The van der Waals surface area contributed by atoms with Gasteiger partial charge in [0.25, 0.3) is 0 Å². The number of aromatic nitrogens is 2.